The standard InChI is InChI=1S/C15H21N3O/c1-3-10-19-14-6-4-13(5-7-14)15-11-12(2)18(17-15)9-8-16/h4-7,11H,3,8-10,16H2,1-2H3. The normalized spacial score (nSPS) is 10.7. The zero-order valence-electron chi connectivity index (χ0n) is 11.6. The molecule has 0 amide bonds. The first kappa shape index (κ1) is 13.6. The minimum absolute atomic E-state index is 0.603. The van der Waals surface area contributed by atoms with Crippen molar-refractivity contribution in [2.24, 2.45) is 5.73 Å². The molecule has 0 spiro atoms. The topological polar surface area (TPSA) is 53.1 Å². The number of ether oxygens (including phenoxy) is 1. The predicted molar refractivity (Wildman–Crippen MR) is 77.2 cm³/mol. The minimum atomic E-state index is 0.603. The van der Waals surface area contributed by atoms with Gasteiger partial charge in [-0.15, -0.1) is 0 Å². The lowest BCUT2D eigenvalue weighted by Gasteiger charge is -2.04. The Morgan fingerprint density at radius 3 is 2.63 bits per heavy atom. The largest absolute Gasteiger partial charge is 0.494 e. The zero-order chi connectivity index (χ0) is 13.7. The van der Waals surface area contributed by atoms with Crippen LogP contribution in [0, 0.1) is 6.92 Å². The van der Waals surface area contributed by atoms with E-state index in [9.17, 15) is 0 Å². The monoisotopic (exact) mass is 259 g/mol. The highest BCUT2D eigenvalue weighted by Crippen LogP contribution is 2.22. The maximum atomic E-state index is 5.57. The summed E-state index contributed by atoms with van der Waals surface area (Å²) in [5, 5.41) is 4.56. The predicted octanol–water partition coefficient (Wildman–Crippen LogP) is 2.61. The van der Waals surface area contributed by atoms with Crippen molar-refractivity contribution < 1.29 is 4.74 Å². The van der Waals surface area contributed by atoms with E-state index in [0.717, 1.165) is 42.3 Å². The van der Waals surface area contributed by atoms with E-state index in [1.807, 2.05) is 35.9 Å². The Bertz CT molecular complexity index is 517. The molecule has 0 saturated heterocycles. The Hall–Kier alpha value is -1.81. The number of rotatable bonds is 6. The minimum Gasteiger partial charge on any atom is -0.494 e. The van der Waals surface area contributed by atoms with Crippen LogP contribution in [-0.4, -0.2) is 22.9 Å². The van der Waals surface area contributed by atoms with E-state index in [0.29, 0.717) is 6.54 Å². The first-order valence-corrected chi connectivity index (χ1v) is 6.72. The van der Waals surface area contributed by atoms with Crippen molar-refractivity contribution in [2.75, 3.05) is 13.2 Å². The number of aromatic nitrogens is 2. The van der Waals surface area contributed by atoms with Crippen LogP contribution < -0.4 is 10.5 Å². The molecule has 0 unspecified atom stereocenters. The summed E-state index contributed by atoms with van der Waals surface area (Å²) in [6.07, 6.45) is 1.02. The fourth-order valence-electron chi connectivity index (χ4n) is 1.94. The fraction of sp³-hybridized carbons (Fsp3) is 0.400. The van der Waals surface area contributed by atoms with E-state index in [1.54, 1.807) is 0 Å². The molecule has 0 bridgehead atoms. The number of hydrogen-bond donors (Lipinski definition) is 1. The van der Waals surface area contributed by atoms with Gasteiger partial charge in [0.25, 0.3) is 0 Å². The average Bonchev–Trinajstić information content (AvgIpc) is 2.79. The number of aryl methyl sites for hydroxylation is 1. The molecule has 0 saturated carbocycles. The van der Waals surface area contributed by atoms with Crippen LogP contribution in [0.5, 0.6) is 5.75 Å². The molecule has 1 aromatic carbocycles. The molecule has 4 nitrogen and oxygen atoms in total. The van der Waals surface area contributed by atoms with Gasteiger partial charge in [0.05, 0.1) is 18.8 Å². The molecule has 0 fully saturated rings. The second-order valence-corrected chi connectivity index (χ2v) is 4.56. The molecule has 0 radical (unpaired) electrons. The van der Waals surface area contributed by atoms with E-state index < -0.39 is 0 Å². The van der Waals surface area contributed by atoms with Crippen molar-refractivity contribution >= 4 is 0 Å². The third-order valence-corrected chi connectivity index (χ3v) is 2.95. The lowest BCUT2D eigenvalue weighted by Crippen LogP contribution is -2.12. The fourth-order valence-corrected chi connectivity index (χ4v) is 1.94. The Labute approximate surface area is 114 Å². The van der Waals surface area contributed by atoms with Gasteiger partial charge in [-0.05, 0) is 43.7 Å². The second-order valence-electron chi connectivity index (χ2n) is 4.56. The van der Waals surface area contributed by atoms with Gasteiger partial charge in [0.2, 0.25) is 0 Å². The summed E-state index contributed by atoms with van der Waals surface area (Å²) in [6.45, 7) is 6.25. The van der Waals surface area contributed by atoms with Crippen LogP contribution in [0.25, 0.3) is 11.3 Å². The first-order valence-electron chi connectivity index (χ1n) is 6.72. The molecule has 1 heterocycles. The van der Waals surface area contributed by atoms with Gasteiger partial charge in [0.15, 0.2) is 0 Å². The van der Waals surface area contributed by atoms with Crippen LogP contribution in [0.3, 0.4) is 0 Å². The summed E-state index contributed by atoms with van der Waals surface area (Å²) in [4.78, 5) is 0. The van der Waals surface area contributed by atoms with Gasteiger partial charge in [0, 0.05) is 17.8 Å². The molecular weight excluding hydrogens is 238 g/mol. The molecule has 2 rings (SSSR count). The lowest BCUT2D eigenvalue weighted by molar-refractivity contribution is 0.317. The van der Waals surface area contributed by atoms with Crippen LogP contribution in [0.4, 0.5) is 0 Å². The van der Waals surface area contributed by atoms with Gasteiger partial charge >= 0.3 is 0 Å². The van der Waals surface area contributed by atoms with Crippen LogP contribution in [-0.2, 0) is 6.54 Å². The lowest BCUT2D eigenvalue weighted by atomic mass is 10.1. The Kier molecular flexibility index (Phi) is 4.58. The van der Waals surface area contributed by atoms with Crippen molar-refractivity contribution in [3.63, 3.8) is 0 Å². The Balaban J connectivity index is 2.15. The smallest absolute Gasteiger partial charge is 0.119 e. The average molecular weight is 259 g/mol. The molecule has 102 valence electrons. The van der Waals surface area contributed by atoms with Crippen molar-refractivity contribution in [3.05, 3.63) is 36.0 Å². The summed E-state index contributed by atoms with van der Waals surface area (Å²) in [7, 11) is 0. The zero-order valence-corrected chi connectivity index (χ0v) is 11.6. The molecular formula is C15H21N3O. The molecule has 0 aliphatic heterocycles. The SMILES string of the molecule is CCCOc1ccc(-c2cc(C)n(CCN)n2)cc1. The van der Waals surface area contributed by atoms with Crippen LogP contribution in [0.15, 0.2) is 30.3 Å². The van der Waals surface area contributed by atoms with Crippen molar-refractivity contribution in [2.45, 2.75) is 26.8 Å². The second kappa shape index (κ2) is 6.38. The summed E-state index contributed by atoms with van der Waals surface area (Å²) >= 11 is 0. The van der Waals surface area contributed by atoms with Crippen LogP contribution >= 0.6 is 0 Å². The molecule has 0 atom stereocenters. The van der Waals surface area contributed by atoms with Gasteiger partial charge < -0.3 is 10.5 Å². The Morgan fingerprint density at radius 1 is 1.26 bits per heavy atom. The molecule has 2 aromatic rings. The van der Waals surface area contributed by atoms with E-state index in [4.69, 9.17) is 10.5 Å². The molecule has 4 heteroatoms. The van der Waals surface area contributed by atoms with E-state index >= 15 is 0 Å². The van der Waals surface area contributed by atoms with Gasteiger partial charge in [-0.25, -0.2) is 0 Å². The summed E-state index contributed by atoms with van der Waals surface area (Å²) in [5.74, 6) is 0.906. The molecule has 19 heavy (non-hydrogen) atoms. The van der Waals surface area contributed by atoms with E-state index in [1.165, 1.54) is 0 Å². The van der Waals surface area contributed by atoms with Crippen molar-refractivity contribution in [1.82, 2.24) is 9.78 Å². The highest BCUT2D eigenvalue weighted by molar-refractivity contribution is 5.60. The first-order chi connectivity index (χ1) is 9.24. The maximum absolute atomic E-state index is 5.57. The number of nitrogens with zero attached hydrogens (tertiary/aromatic N) is 2. The maximum Gasteiger partial charge on any atom is 0.119 e. The van der Waals surface area contributed by atoms with Gasteiger partial charge in [0.1, 0.15) is 5.75 Å². The summed E-state index contributed by atoms with van der Waals surface area (Å²) in [5.41, 5.74) is 8.78. The number of hydrogen-bond acceptors (Lipinski definition) is 3. The number of benzene rings is 1. The Morgan fingerprint density at radius 2 is 2.00 bits per heavy atom. The molecule has 0 aliphatic rings. The number of nitrogens with two attached hydrogens (primary N) is 1. The van der Waals surface area contributed by atoms with E-state index in [2.05, 4.69) is 18.1 Å². The van der Waals surface area contributed by atoms with Crippen LogP contribution in [0.2, 0.25) is 0 Å². The quantitative estimate of drug-likeness (QED) is 0.867. The highest BCUT2D eigenvalue weighted by Gasteiger charge is 2.06. The summed E-state index contributed by atoms with van der Waals surface area (Å²) in [6, 6.07) is 10.1. The summed E-state index contributed by atoms with van der Waals surface area (Å²) < 4.78 is 7.51. The molecule has 1 aromatic heterocycles. The third kappa shape index (κ3) is 3.35. The van der Waals surface area contributed by atoms with Gasteiger partial charge in [-0.2, -0.15) is 5.10 Å². The van der Waals surface area contributed by atoms with Gasteiger partial charge in [-0.3, -0.25) is 4.68 Å². The van der Waals surface area contributed by atoms with E-state index in [-0.39, 0.29) is 0 Å². The van der Waals surface area contributed by atoms with Gasteiger partial charge in [-0.1, -0.05) is 6.92 Å². The third-order valence-electron chi connectivity index (χ3n) is 2.95. The molecule has 0 aliphatic carbocycles. The molecule has 2 N–H and O–H groups in total. The van der Waals surface area contributed by atoms with Crippen LogP contribution in [0.1, 0.15) is 19.0 Å². The highest BCUT2D eigenvalue weighted by atomic mass is 16.5. The van der Waals surface area contributed by atoms with Crippen molar-refractivity contribution in [3.8, 4) is 17.0 Å². The van der Waals surface area contributed by atoms with Crippen molar-refractivity contribution in [1.29, 1.82) is 0 Å².